The Kier molecular flexibility index (Phi) is 5.77. The van der Waals surface area contributed by atoms with Crippen LogP contribution in [0, 0.1) is 0 Å². The van der Waals surface area contributed by atoms with E-state index >= 15 is 0 Å². The Morgan fingerprint density at radius 3 is 2.21 bits per heavy atom. The predicted molar refractivity (Wildman–Crippen MR) is 130 cm³/mol. The Labute approximate surface area is 197 Å². The van der Waals surface area contributed by atoms with E-state index in [1.807, 2.05) is 42.6 Å². The van der Waals surface area contributed by atoms with Gasteiger partial charge in [0.15, 0.2) is 0 Å². The van der Waals surface area contributed by atoms with Crippen LogP contribution in [0.2, 0.25) is 0 Å². The molecule has 0 bridgehead atoms. The van der Waals surface area contributed by atoms with Gasteiger partial charge < -0.3 is 4.98 Å². The number of hydrogen-bond donors (Lipinski definition) is 2. The summed E-state index contributed by atoms with van der Waals surface area (Å²) in [5.41, 5.74) is 4.30. The van der Waals surface area contributed by atoms with E-state index in [9.17, 15) is 18.0 Å². The van der Waals surface area contributed by atoms with Gasteiger partial charge in [-0.1, -0.05) is 48.5 Å². The number of carbonyl (C=O) groups excluding carboxylic acids is 2. The molecular weight excluding hydrogens is 450 g/mol. The molecule has 1 aliphatic rings. The zero-order valence-corrected chi connectivity index (χ0v) is 19.1. The Morgan fingerprint density at radius 1 is 0.824 bits per heavy atom. The van der Waals surface area contributed by atoms with Gasteiger partial charge in [0.05, 0.1) is 16.9 Å². The second-order valence-electron chi connectivity index (χ2n) is 8.32. The summed E-state index contributed by atoms with van der Waals surface area (Å²) in [6.07, 6.45) is 2.36. The Bertz CT molecular complexity index is 1460. The third kappa shape index (κ3) is 4.37. The minimum atomic E-state index is -3.48. The van der Waals surface area contributed by atoms with E-state index in [1.54, 1.807) is 36.4 Å². The van der Waals surface area contributed by atoms with Crippen LogP contribution in [0.25, 0.3) is 10.9 Å². The molecule has 8 heteroatoms. The van der Waals surface area contributed by atoms with Crippen molar-refractivity contribution in [2.75, 3.05) is 6.54 Å². The highest BCUT2D eigenvalue weighted by atomic mass is 32.2. The van der Waals surface area contributed by atoms with Crippen molar-refractivity contribution in [3.05, 3.63) is 107 Å². The standard InChI is InChI=1S/C26H23N3O4S/c30-25-21-8-4-5-9-22(21)26(31)29(25)13-12-20-16-27-24-11-10-19(14-23(20)24)15-28-34(32,33)17-18-6-2-1-3-7-18/h1-11,14,16,27-28H,12-13,15,17H2. The topological polar surface area (TPSA) is 99.3 Å². The van der Waals surface area contributed by atoms with Gasteiger partial charge in [-0.15, -0.1) is 0 Å². The SMILES string of the molecule is O=C1c2ccccc2C(=O)N1CCc1c[nH]c2ccc(CNS(=O)(=O)Cc3ccccc3)cc12. The third-order valence-corrected chi connectivity index (χ3v) is 7.31. The molecule has 2 amide bonds. The average Bonchev–Trinajstić information content (AvgIpc) is 3.35. The fourth-order valence-corrected chi connectivity index (χ4v) is 5.37. The lowest BCUT2D eigenvalue weighted by Crippen LogP contribution is -2.31. The number of amides is 2. The molecule has 0 saturated carbocycles. The van der Waals surface area contributed by atoms with Crippen LogP contribution in [0.15, 0.2) is 79.0 Å². The van der Waals surface area contributed by atoms with Gasteiger partial charge in [0.2, 0.25) is 10.0 Å². The van der Waals surface area contributed by atoms with Crippen molar-refractivity contribution in [2.24, 2.45) is 0 Å². The molecule has 2 N–H and O–H groups in total. The number of aromatic nitrogens is 1. The summed E-state index contributed by atoms with van der Waals surface area (Å²) in [7, 11) is -3.48. The van der Waals surface area contributed by atoms with Gasteiger partial charge in [-0.25, -0.2) is 13.1 Å². The molecule has 0 fully saturated rings. The number of imide groups is 1. The first-order chi connectivity index (χ1) is 16.4. The molecule has 2 heterocycles. The molecule has 5 rings (SSSR count). The van der Waals surface area contributed by atoms with Crippen molar-refractivity contribution in [1.82, 2.24) is 14.6 Å². The van der Waals surface area contributed by atoms with E-state index in [0.717, 1.165) is 27.6 Å². The fourth-order valence-electron chi connectivity index (χ4n) is 4.25. The molecule has 34 heavy (non-hydrogen) atoms. The van der Waals surface area contributed by atoms with Gasteiger partial charge in [0.25, 0.3) is 11.8 Å². The van der Waals surface area contributed by atoms with Gasteiger partial charge in [0.1, 0.15) is 0 Å². The van der Waals surface area contributed by atoms with Gasteiger partial charge in [-0.3, -0.25) is 14.5 Å². The monoisotopic (exact) mass is 473 g/mol. The minimum absolute atomic E-state index is 0.0776. The second kappa shape index (κ2) is 8.89. The Morgan fingerprint density at radius 2 is 1.50 bits per heavy atom. The summed E-state index contributed by atoms with van der Waals surface area (Å²) in [6.45, 7) is 0.446. The van der Waals surface area contributed by atoms with Crippen molar-refractivity contribution in [1.29, 1.82) is 0 Å². The van der Waals surface area contributed by atoms with Crippen LogP contribution in [0.1, 0.15) is 37.4 Å². The zero-order chi connectivity index (χ0) is 23.7. The van der Waals surface area contributed by atoms with Crippen molar-refractivity contribution >= 4 is 32.7 Å². The quantitative estimate of drug-likeness (QED) is 0.382. The number of nitrogens with zero attached hydrogens (tertiary/aromatic N) is 1. The highest BCUT2D eigenvalue weighted by Crippen LogP contribution is 2.25. The predicted octanol–water partition coefficient (Wildman–Crippen LogP) is 3.63. The molecule has 0 spiro atoms. The first-order valence-corrected chi connectivity index (χ1v) is 12.6. The molecule has 172 valence electrons. The fraction of sp³-hybridized carbons (Fsp3) is 0.154. The number of H-pyrrole nitrogens is 1. The van der Waals surface area contributed by atoms with Gasteiger partial charge in [-0.2, -0.15) is 0 Å². The smallest absolute Gasteiger partial charge is 0.261 e. The number of aromatic amines is 1. The van der Waals surface area contributed by atoms with Crippen LogP contribution < -0.4 is 4.72 Å². The molecule has 0 saturated heterocycles. The summed E-state index contributed by atoms with van der Waals surface area (Å²) >= 11 is 0. The maximum absolute atomic E-state index is 12.6. The van der Waals surface area contributed by atoms with Crippen molar-refractivity contribution in [3.63, 3.8) is 0 Å². The molecular formula is C26H23N3O4S. The lowest BCUT2D eigenvalue weighted by atomic mass is 10.1. The minimum Gasteiger partial charge on any atom is -0.361 e. The molecule has 0 atom stereocenters. The van der Waals surface area contributed by atoms with E-state index in [1.165, 1.54) is 4.90 Å². The number of benzene rings is 3. The van der Waals surface area contributed by atoms with Crippen molar-refractivity contribution in [2.45, 2.75) is 18.7 Å². The number of fused-ring (bicyclic) bond motifs is 2. The highest BCUT2D eigenvalue weighted by Gasteiger charge is 2.34. The summed E-state index contributed by atoms with van der Waals surface area (Å²) in [5, 5.41) is 0.941. The first kappa shape index (κ1) is 22.1. The van der Waals surface area contributed by atoms with Crippen LogP contribution in [0.4, 0.5) is 0 Å². The summed E-state index contributed by atoms with van der Waals surface area (Å²) in [4.78, 5) is 29.7. The molecule has 1 aromatic heterocycles. The lowest BCUT2D eigenvalue weighted by Gasteiger charge is -2.13. The second-order valence-corrected chi connectivity index (χ2v) is 10.1. The summed E-state index contributed by atoms with van der Waals surface area (Å²) in [6, 6.07) is 21.6. The number of hydrogen-bond acceptors (Lipinski definition) is 4. The number of carbonyl (C=O) groups is 2. The number of nitrogens with one attached hydrogen (secondary N) is 2. The van der Waals surface area contributed by atoms with Crippen molar-refractivity contribution in [3.8, 4) is 0 Å². The van der Waals surface area contributed by atoms with E-state index in [2.05, 4.69) is 9.71 Å². The van der Waals surface area contributed by atoms with Crippen LogP contribution in [0.5, 0.6) is 0 Å². The molecule has 0 aliphatic carbocycles. The average molecular weight is 474 g/mol. The van der Waals surface area contributed by atoms with Crippen molar-refractivity contribution < 1.29 is 18.0 Å². The summed E-state index contributed by atoms with van der Waals surface area (Å²) < 4.78 is 27.6. The van der Waals surface area contributed by atoms with Crippen LogP contribution in [-0.2, 0) is 28.7 Å². The lowest BCUT2D eigenvalue weighted by molar-refractivity contribution is 0.0656. The van der Waals surface area contributed by atoms with E-state index in [0.29, 0.717) is 17.5 Å². The maximum Gasteiger partial charge on any atom is 0.261 e. The van der Waals surface area contributed by atoms with Crippen LogP contribution in [0.3, 0.4) is 0 Å². The van der Waals surface area contributed by atoms with E-state index < -0.39 is 10.0 Å². The molecule has 4 aromatic rings. The molecule has 1 aliphatic heterocycles. The molecule has 7 nitrogen and oxygen atoms in total. The van der Waals surface area contributed by atoms with Crippen LogP contribution >= 0.6 is 0 Å². The molecule has 0 unspecified atom stereocenters. The van der Waals surface area contributed by atoms with E-state index in [4.69, 9.17) is 0 Å². The maximum atomic E-state index is 12.6. The highest BCUT2D eigenvalue weighted by molar-refractivity contribution is 7.88. The Balaban J connectivity index is 1.27. The molecule has 0 radical (unpaired) electrons. The largest absolute Gasteiger partial charge is 0.361 e. The first-order valence-electron chi connectivity index (χ1n) is 11.0. The van der Waals surface area contributed by atoms with Gasteiger partial charge in [0, 0.05) is 30.2 Å². The third-order valence-electron chi connectivity index (χ3n) is 6.01. The Hall–Kier alpha value is -3.75. The zero-order valence-electron chi connectivity index (χ0n) is 18.3. The number of sulfonamides is 1. The molecule has 3 aromatic carbocycles. The van der Waals surface area contributed by atoms with Gasteiger partial charge in [-0.05, 0) is 47.4 Å². The van der Waals surface area contributed by atoms with Crippen LogP contribution in [-0.4, -0.2) is 36.7 Å². The van der Waals surface area contributed by atoms with E-state index in [-0.39, 0.29) is 30.7 Å². The summed E-state index contributed by atoms with van der Waals surface area (Å²) in [5.74, 6) is -0.617. The number of rotatable bonds is 8. The van der Waals surface area contributed by atoms with Gasteiger partial charge >= 0.3 is 0 Å². The normalized spacial score (nSPS) is 13.6.